The van der Waals surface area contributed by atoms with Gasteiger partial charge in [-0.25, -0.2) is 0 Å². The highest BCUT2D eigenvalue weighted by molar-refractivity contribution is 7.15. The Labute approximate surface area is 123 Å². The van der Waals surface area contributed by atoms with Gasteiger partial charge in [0, 0.05) is 12.0 Å². The lowest BCUT2D eigenvalue weighted by atomic mass is 9.98. The fraction of sp³-hybridized carbons (Fsp3) is 0.833. The van der Waals surface area contributed by atoms with E-state index in [1.165, 1.54) is 11.3 Å². The van der Waals surface area contributed by atoms with E-state index in [4.69, 9.17) is 5.11 Å². The van der Waals surface area contributed by atoms with Crippen molar-refractivity contribution in [3.63, 3.8) is 0 Å². The first-order valence-corrected chi connectivity index (χ1v) is 7.55. The van der Waals surface area contributed by atoms with Gasteiger partial charge in [-0.3, -0.25) is 14.9 Å². The molecule has 2 N–H and O–H groups in total. The lowest BCUT2D eigenvalue weighted by Crippen LogP contribution is -2.56. The highest BCUT2D eigenvalue weighted by Crippen LogP contribution is 2.36. The molecule has 1 fully saturated rings. The van der Waals surface area contributed by atoms with Crippen molar-refractivity contribution in [2.45, 2.75) is 32.4 Å². The Morgan fingerprint density at radius 3 is 2.75 bits per heavy atom. The smallest absolute Gasteiger partial charge is 0.309 e. The van der Waals surface area contributed by atoms with Crippen LogP contribution in [0.2, 0.25) is 0 Å². The molecule has 114 valence electrons. The van der Waals surface area contributed by atoms with E-state index < -0.39 is 4.65 Å². The van der Waals surface area contributed by atoms with Crippen LogP contribution in [0.1, 0.15) is 25.8 Å². The number of nitrogens with zero attached hydrogens (tertiary/aromatic N) is 4. The SMILES string of the molecule is CN1CC(NCCO)[N+]([O-])(c2nnc(C(C)(C)C)s2)C1. The molecule has 1 aromatic heterocycles. The van der Waals surface area contributed by atoms with Crippen LogP contribution in [0.4, 0.5) is 5.13 Å². The maximum absolute atomic E-state index is 13.2. The van der Waals surface area contributed by atoms with E-state index in [-0.39, 0.29) is 18.2 Å². The summed E-state index contributed by atoms with van der Waals surface area (Å²) >= 11 is 1.38. The molecule has 0 bridgehead atoms. The van der Waals surface area contributed by atoms with Crippen LogP contribution in [0.25, 0.3) is 0 Å². The van der Waals surface area contributed by atoms with Crippen LogP contribution in [0, 0.1) is 5.21 Å². The monoisotopic (exact) mass is 301 g/mol. The Hall–Kier alpha value is -0.640. The van der Waals surface area contributed by atoms with Crippen molar-refractivity contribution < 1.29 is 5.11 Å². The molecule has 0 amide bonds. The van der Waals surface area contributed by atoms with Gasteiger partial charge in [-0.1, -0.05) is 25.9 Å². The predicted molar refractivity (Wildman–Crippen MR) is 80.1 cm³/mol. The largest absolute Gasteiger partial charge is 0.623 e. The first-order valence-electron chi connectivity index (χ1n) is 6.73. The third kappa shape index (κ3) is 3.00. The van der Waals surface area contributed by atoms with Crippen molar-refractivity contribution in [2.24, 2.45) is 0 Å². The number of aliphatic hydroxyl groups is 1. The van der Waals surface area contributed by atoms with E-state index in [2.05, 4.69) is 36.3 Å². The summed E-state index contributed by atoms with van der Waals surface area (Å²) in [6.07, 6.45) is -0.312. The molecule has 2 unspecified atom stereocenters. The number of hydrogen-bond acceptors (Lipinski definition) is 7. The molecule has 20 heavy (non-hydrogen) atoms. The number of likely N-dealkylation sites (N-methyl/N-ethyl adjacent to an activating group) is 1. The predicted octanol–water partition coefficient (Wildman–Crippen LogP) is 0.452. The second kappa shape index (κ2) is 5.63. The van der Waals surface area contributed by atoms with Crippen LogP contribution in [-0.4, -0.2) is 59.8 Å². The van der Waals surface area contributed by atoms with Crippen LogP contribution in [0.3, 0.4) is 0 Å². The van der Waals surface area contributed by atoms with E-state index in [1.54, 1.807) is 0 Å². The second-order valence-corrected chi connectivity index (χ2v) is 7.26. The maximum Gasteiger partial charge on any atom is 0.309 e. The number of aliphatic hydroxyl groups excluding tert-OH is 1. The molecule has 2 rings (SSSR count). The second-order valence-electron chi connectivity index (χ2n) is 6.31. The molecule has 1 aliphatic heterocycles. The van der Waals surface area contributed by atoms with Crippen LogP contribution in [-0.2, 0) is 5.41 Å². The Morgan fingerprint density at radius 1 is 1.50 bits per heavy atom. The number of aromatic nitrogens is 2. The first-order chi connectivity index (χ1) is 9.27. The van der Waals surface area contributed by atoms with Gasteiger partial charge in [-0.15, -0.1) is 5.10 Å². The van der Waals surface area contributed by atoms with Crippen LogP contribution >= 0.6 is 11.3 Å². The van der Waals surface area contributed by atoms with Gasteiger partial charge < -0.3 is 10.3 Å². The number of hydroxylamine groups is 2. The summed E-state index contributed by atoms with van der Waals surface area (Å²) in [5, 5.41) is 34.8. The molecule has 0 spiro atoms. The molecule has 1 saturated heterocycles. The number of rotatable bonds is 4. The highest BCUT2D eigenvalue weighted by Gasteiger charge is 2.42. The molecule has 0 radical (unpaired) electrons. The molecule has 0 saturated carbocycles. The van der Waals surface area contributed by atoms with Gasteiger partial charge in [0.05, 0.1) is 13.2 Å². The van der Waals surface area contributed by atoms with Gasteiger partial charge in [0.15, 0.2) is 6.17 Å². The van der Waals surface area contributed by atoms with E-state index >= 15 is 0 Å². The summed E-state index contributed by atoms with van der Waals surface area (Å²) in [4.78, 5) is 1.97. The van der Waals surface area contributed by atoms with Crippen LogP contribution < -0.4 is 9.96 Å². The quantitative estimate of drug-likeness (QED) is 0.620. The molecular formula is C12H23N5O2S. The summed E-state index contributed by atoms with van der Waals surface area (Å²) in [7, 11) is 1.91. The van der Waals surface area contributed by atoms with Gasteiger partial charge in [-0.2, -0.15) is 0 Å². The Morgan fingerprint density at radius 2 is 2.20 bits per heavy atom. The Bertz CT molecular complexity index is 461. The van der Waals surface area contributed by atoms with Crippen molar-refractivity contribution in [1.82, 2.24) is 25.1 Å². The average molecular weight is 301 g/mol. The summed E-state index contributed by atoms with van der Waals surface area (Å²) in [5.74, 6) is 0. The lowest BCUT2D eigenvalue weighted by Gasteiger charge is -2.39. The van der Waals surface area contributed by atoms with E-state index in [0.717, 1.165) is 5.01 Å². The third-order valence-electron chi connectivity index (χ3n) is 3.31. The zero-order valence-corrected chi connectivity index (χ0v) is 13.3. The third-order valence-corrected chi connectivity index (χ3v) is 4.77. The van der Waals surface area contributed by atoms with Crippen molar-refractivity contribution in [2.75, 3.05) is 33.4 Å². The summed E-state index contributed by atoms with van der Waals surface area (Å²) in [5.41, 5.74) is -0.102. The van der Waals surface area contributed by atoms with Gasteiger partial charge in [0.2, 0.25) is 0 Å². The summed E-state index contributed by atoms with van der Waals surface area (Å²) in [6.45, 7) is 7.59. The molecule has 1 aliphatic rings. The van der Waals surface area contributed by atoms with Crippen molar-refractivity contribution >= 4 is 16.5 Å². The van der Waals surface area contributed by atoms with Crippen molar-refractivity contribution in [1.29, 1.82) is 0 Å². The molecule has 0 aliphatic carbocycles. The molecule has 0 aromatic carbocycles. The molecular weight excluding hydrogens is 278 g/mol. The van der Waals surface area contributed by atoms with Crippen LogP contribution in [0.5, 0.6) is 0 Å². The van der Waals surface area contributed by atoms with Crippen LogP contribution in [0.15, 0.2) is 0 Å². The Kier molecular flexibility index (Phi) is 4.43. The van der Waals surface area contributed by atoms with Crippen molar-refractivity contribution in [3.8, 4) is 0 Å². The molecule has 1 aromatic rings. The minimum Gasteiger partial charge on any atom is -0.623 e. The average Bonchev–Trinajstić information content (AvgIpc) is 2.92. The Balaban J connectivity index is 2.25. The number of nitrogens with one attached hydrogen (secondary N) is 1. The molecule has 2 heterocycles. The number of quaternary nitrogens is 1. The topological polar surface area (TPSA) is 84.3 Å². The molecule has 2 atom stereocenters. The minimum atomic E-state index is -0.537. The van der Waals surface area contributed by atoms with Gasteiger partial charge in [0.25, 0.3) is 0 Å². The fourth-order valence-electron chi connectivity index (χ4n) is 2.25. The van der Waals surface area contributed by atoms with Crippen molar-refractivity contribution in [3.05, 3.63) is 10.2 Å². The number of hydrogen-bond donors (Lipinski definition) is 2. The van der Waals surface area contributed by atoms with E-state index in [9.17, 15) is 5.21 Å². The fourth-order valence-corrected chi connectivity index (χ4v) is 3.23. The minimum absolute atomic E-state index is 0.0174. The molecule has 7 nitrogen and oxygen atoms in total. The van der Waals surface area contributed by atoms with Gasteiger partial charge >= 0.3 is 5.13 Å². The standard InChI is InChI=1S/C12H23N5O2S/c1-12(2,3)10-14-15-11(20-10)17(19)8-16(4)7-9(17)13-5-6-18/h9,13,18H,5-8H2,1-4H3. The van der Waals surface area contributed by atoms with E-state index in [0.29, 0.717) is 24.9 Å². The lowest BCUT2D eigenvalue weighted by molar-refractivity contribution is 0.248. The zero-order chi connectivity index (χ0) is 15.0. The summed E-state index contributed by atoms with van der Waals surface area (Å²) < 4.78 is -0.537. The molecule has 8 heteroatoms. The zero-order valence-electron chi connectivity index (χ0n) is 12.5. The van der Waals surface area contributed by atoms with Gasteiger partial charge in [0.1, 0.15) is 11.7 Å². The maximum atomic E-state index is 13.2. The highest BCUT2D eigenvalue weighted by atomic mass is 32.1. The van der Waals surface area contributed by atoms with Gasteiger partial charge in [-0.05, 0) is 18.4 Å². The first kappa shape index (κ1) is 15.7. The summed E-state index contributed by atoms with van der Waals surface area (Å²) in [6, 6.07) is 0. The normalized spacial score (nSPS) is 28.2. The van der Waals surface area contributed by atoms with E-state index in [1.807, 2.05) is 11.9 Å².